The van der Waals surface area contributed by atoms with Crippen molar-refractivity contribution in [1.29, 1.82) is 0 Å². The van der Waals surface area contributed by atoms with Crippen LogP contribution in [0.3, 0.4) is 0 Å². The Hall–Kier alpha value is -2.08. The average molecular weight is 257 g/mol. The van der Waals surface area contributed by atoms with E-state index in [0.29, 0.717) is 5.69 Å². The first-order valence-corrected chi connectivity index (χ1v) is 6.26. The number of pyridine rings is 2. The topological polar surface area (TPSA) is 69.1 Å². The molecule has 0 saturated carbocycles. The van der Waals surface area contributed by atoms with Gasteiger partial charge in [-0.1, -0.05) is 6.07 Å². The molecule has 5 nitrogen and oxygen atoms in total. The number of anilines is 1. The molecule has 3 rings (SSSR count). The van der Waals surface area contributed by atoms with Crippen molar-refractivity contribution >= 4 is 23.1 Å². The van der Waals surface area contributed by atoms with E-state index in [2.05, 4.69) is 15.2 Å². The maximum absolute atomic E-state index is 6.00. The monoisotopic (exact) mass is 257 g/mol. The molecule has 18 heavy (non-hydrogen) atoms. The second-order valence-electron chi connectivity index (χ2n) is 3.86. The molecule has 3 aromatic heterocycles. The highest BCUT2D eigenvalue weighted by molar-refractivity contribution is 7.99. The summed E-state index contributed by atoms with van der Waals surface area (Å²) in [5.74, 6) is 0. The van der Waals surface area contributed by atoms with Crippen LogP contribution in [-0.2, 0) is 0 Å². The van der Waals surface area contributed by atoms with Crippen LogP contribution in [0.4, 0.5) is 5.69 Å². The van der Waals surface area contributed by atoms with Gasteiger partial charge in [-0.15, -0.1) is 10.2 Å². The second kappa shape index (κ2) is 4.30. The molecular weight excluding hydrogens is 246 g/mol. The van der Waals surface area contributed by atoms with Gasteiger partial charge in [0.2, 0.25) is 5.16 Å². The van der Waals surface area contributed by atoms with Gasteiger partial charge in [0.1, 0.15) is 5.03 Å². The number of hydrogen-bond donors (Lipinski definition) is 1. The molecule has 3 aromatic rings. The first-order valence-electron chi connectivity index (χ1n) is 5.44. The first-order chi connectivity index (χ1) is 8.75. The molecule has 0 atom stereocenters. The highest BCUT2D eigenvalue weighted by Gasteiger charge is 2.10. The third-order valence-corrected chi connectivity index (χ3v) is 3.62. The van der Waals surface area contributed by atoms with Crippen LogP contribution in [0.5, 0.6) is 0 Å². The van der Waals surface area contributed by atoms with E-state index in [1.165, 1.54) is 11.8 Å². The summed E-state index contributed by atoms with van der Waals surface area (Å²) < 4.78 is 1.91. The van der Waals surface area contributed by atoms with Crippen LogP contribution in [-0.4, -0.2) is 19.6 Å². The summed E-state index contributed by atoms with van der Waals surface area (Å²) in [4.78, 5) is 4.28. The van der Waals surface area contributed by atoms with E-state index in [4.69, 9.17) is 5.73 Å². The van der Waals surface area contributed by atoms with Gasteiger partial charge >= 0.3 is 0 Å². The van der Waals surface area contributed by atoms with Gasteiger partial charge in [-0.3, -0.25) is 4.40 Å². The minimum Gasteiger partial charge on any atom is -0.396 e. The van der Waals surface area contributed by atoms with Crippen molar-refractivity contribution < 1.29 is 0 Å². The molecular formula is C12H11N5S. The molecule has 0 fully saturated rings. The minimum absolute atomic E-state index is 0.690. The quantitative estimate of drug-likeness (QED) is 0.762. The molecule has 0 aromatic carbocycles. The van der Waals surface area contributed by atoms with Crippen LogP contribution < -0.4 is 5.73 Å². The maximum atomic E-state index is 6.00. The normalized spacial score (nSPS) is 10.9. The molecule has 0 aliphatic rings. The standard InChI is InChI=1S/C12H11N5S/c1-8-5-6-14-11(10(8)13)18-12-16-15-9-4-2-3-7-17(9)12/h2-7H,13H2,1H3. The van der Waals surface area contributed by atoms with E-state index in [0.717, 1.165) is 21.4 Å². The van der Waals surface area contributed by atoms with E-state index in [1.54, 1.807) is 6.20 Å². The summed E-state index contributed by atoms with van der Waals surface area (Å²) in [6.45, 7) is 1.96. The number of nitrogens with zero attached hydrogens (tertiary/aromatic N) is 4. The summed E-state index contributed by atoms with van der Waals surface area (Å²) >= 11 is 1.42. The van der Waals surface area contributed by atoms with Gasteiger partial charge in [0.25, 0.3) is 0 Å². The highest BCUT2D eigenvalue weighted by atomic mass is 32.2. The third-order valence-electron chi connectivity index (χ3n) is 2.64. The predicted octanol–water partition coefficient (Wildman–Crippen LogP) is 2.17. The largest absolute Gasteiger partial charge is 0.396 e. The predicted molar refractivity (Wildman–Crippen MR) is 70.5 cm³/mol. The Labute approximate surface area is 108 Å². The summed E-state index contributed by atoms with van der Waals surface area (Å²) in [5, 5.41) is 9.75. The summed E-state index contributed by atoms with van der Waals surface area (Å²) in [7, 11) is 0. The fraction of sp³-hybridized carbons (Fsp3) is 0.0833. The second-order valence-corrected chi connectivity index (χ2v) is 4.82. The van der Waals surface area contributed by atoms with Gasteiger partial charge in [0.15, 0.2) is 5.65 Å². The zero-order chi connectivity index (χ0) is 12.5. The Morgan fingerprint density at radius 1 is 1.22 bits per heavy atom. The van der Waals surface area contributed by atoms with Crippen LogP contribution in [0.1, 0.15) is 5.56 Å². The van der Waals surface area contributed by atoms with Crippen molar-refractivity contribution in [2.75, 3.05) is 5.73 Å². The molecule has 6 heteroatoms. The van der Waals surface area contributed by atoms with Crippen molar-refractivity contribution in [3.05, 3.63) is 42.2 Å². The molecule has 0 saturated heterocycles. The molecule has 90 valence electrons. The van der Waals surface area contributed by atoms with Crippen molar-refractivity contribution in [2.45, 2.75) is 17.1 Å². The highest BCUT2D eigenvalue weighted by Crippen LogP contribution is 2.30. The Balaban J connectivity index is 2.04. The van der Waals surface area contributed by atoms with E-state index in [1.807, 2.05) is 41.8 Å². The van der Waals surface area contributed by atoms with Gasteiger partial charge in [-0.05, 0) is 42.4 Å². The molecule has 0 amide bonds. The van der Waals surface area contributed by atoms with Crippen LogP contribution in [0, 0.1) is 6.92 Å². The Morgan fingerprint density at radius 3 is 3.00 bits per heavy atom. The van der Waals surface area contributed by atoms with E-state index in [-0.39, 0.29) is 0 Å². The number of fused-ring (bicyclic) bond motifs is 1. The maximum Gasteiger partial charge on any atom is 0.201 e. The lowest BCUT2D eigenvalue weighted by molar-refractivity contribution is 0.917. The lowest BCUT2D eigenvalue weighted by atomic mass is 10.3. The van der Waals surface area contributed by atoms with Crippen LogP contribution in [0.2, 0.25) is 0 Å². The van der Waals surface area contributed by atoms with Gasteiger partial charge in [0, 0.05) is 12.4 Å². The Morgan fingerprint density at radius 2 is 2.11 bits per heavy atom. The first kappa shape index (κ1) is 11.0. The Bertz CT molecular complexity index is 707. The van der Waals surface area contributed by atoms with Crippen molar-refractivity contribution in [2.24, 2.45) is 0 Å². The lowest BCUT2D eigenvalue weighted by Crippen LogP contribution is -1.96. The summed E-state index contributed by atoms with van der Waals surface area (Å²) in [5.41, 5.74) is 8.52. The van der Waals surface area contributed by atoms with Crippen molar-refractivity contribution in [3.8, 4) is 0 Å². The van der Waals surface area contributed by atoms with Gasteiger partial charge in [0.05, 0.1) is 5.69 Å². The number of nitrogen functional groups attached to an aromatic ring is 1. The van der Waals surface area contributed by atoms with Gasteiger partial charge in [-0.2, -0.15) is 0 Å². The number of aromatic nitrogens is 4. The van der Waals surface area contributed by atoms with Gasteiger partial charge in [-0.25, -0.2) is 4.98 Å². The van der Waals surface area contributed by atoms with E-state index >= 15 is 0 Å². The molecule has 2 N–H and O–H groups in total. The van der Waals surface area contributed by atoms with E-state index < -0.39 is 0 Å². The SMILES string of the molecule is Cc1ccnc(Sc2nnc3ccccn23)c1N. The fourth-order valence-corrected chi connectivity index (χ4v) is 2.49. The molecule has 0 unspecified atom stereocenters. The number of aryl methyl sites for hydroxylation is 1. The van der Waals surface area contributed by atoms with Crippen molar-refractivity contribution in [1.82, 2.24) is 19.6 Å². The lowest BCUT2D eigenvalue weighted by Gasteiger charge is -2.05. The van der Waals surface area contributed by atoms with Crippen molar-refractivity contribution in [3.63, 3.8) is 0 Å². The molecule has 0 aliphatic carbocycles. The Kier molecular flexibility index (Phi) is 2.64. The summed E-state index contributed by atoms with van der Waals surface area (Å²) in [6.07, 6.45) is 3.67. The molecule has 3 heterocycles. The molecule has 0 aliphatic heterocycles. The smallest absolute Gasteiger partial charge is 0.201 e. The van der Waals surface area contributed by atoms with Gasteiger partial charge < -0.3 is 5.73 Å². The molecule has 0 spiro atoms. The third kappa shape index (κ3) is 1.80. The zero-order valence-corrected chi connectivity index (χ0v) is 10.6. The zero-order valence-electron chi connectivity index (χ0n) is 9.74. The van der Waals surface area contributed by atoms with Crippen LogP contribution in [0.25, 0.3) is 5.65 Å². The fourth-order valence-electron chi connectivity index (χ4n) is 1.60. The average Bonchev–Trinajstić information content (AvgIpc) is 2.79. The summed E-state index contributed by atoms with van der Waals surface area (Å²) in [6, 6.07) is 7.66. The molecule has 0 radical (unpaired) electrons. The number of hydrogen-bond acceptors (Lipinski definition) is 5. The van der Waals surface area contributed by atoms with Crippen LogP contribution in [0.15, 0.2) is 46.8 Å². The number of nitrogens with two attached hydrogens (primary N) is 1. The van der Waals surface area contributed by atoms with Crippen LogP contribution >= 0.6 is 11.8 Å². The minimum atomic E-state index is 0.690. The van der Waals surface area contributed by atoms with E-state index in [9.17, 15) is 0 Å². The number of rotatable bonds is 2. The molecule has 0 bridgehead atoms.